The number of rotatable bonds is 5. The maximum atomic E-state index is 3.55. The standard InChI is InChI=1S/C10H16.2C5H10/c1-8(2)10-6-4-9(3)5-7-10;2*1-3-5-4-2/h4,6-9H,5H2,1-3H3;2*3H,1,4-5H2,2H3. The molecule has 1 atom stereocenters. The van der Waals surface area contributed by atoms with Gasteiger partial charge in [0.1, 0.15) is 0 Å². The van der Waals surface area contributed by atoms with E-state index >= 15 is 0 Å². The van der Waals surface area contributed by atoms with Crippen molar-refractivity contribution in [1.29, 1.82) is 0 Å². The lowest BCUT2D eigenvalue weighted by Gasteiger charge is -2.13. The first kappa shape index (κ1) is 21.3. The van der Waals surface area contributed by atoms with Crippen LogP contribution in [0.15, 0.2) is 49.1 Å². The highest BCUT2D eigenvalue weighted by Gasteiger charge is 2.05. The molecule has 1 aliphatic rings. The highest BCUT2D eigenvalue weighted by atomic mass is 14.1. The van der Waals surface area contributed by atoms with Crippen LogP contribution in [0.25, 0.3) is 0 Å². The van der Waals surface area contributed by atoms with E-state index in [1.807, 2.05) is 12.2 Å². The summed E-state index contributed by atoms with van der Waals surface area (Å²) in [5.74, 6) is 1.45. The summed E-state index contributed by atoms with van der Waals surface area (Å²) in [6.45, 7) is 18.1. The first-order valence-corrected chi connectivity index (χ1v) is 8.13. The van der Waals surface area contributed by atoms with Crippen LogP contribution in [0.1, 0.15) is 66.7 Å². The zero-order valence-electron chi connectivity index (χ0n) is 14.5. The van der Waals surface area contributed by atoms with E-state index in [4.69, 9.17) is 0 Å². The minimum Gasteiger partial charge on any atom is -0.103 e. The smallest absolute Gasteiger partial charge is 0.0222 e. The monoisotopic (exact) mass is 276 g/mol. The van der Waals surface area contributed by atoms with Crippen LogP contribution in [0.5, 0.6) is 0 Å². The average molecular weight is 277 g/mol. The molecule has 0 saturated heterocycles. The van der Waals surface area contributed by atoms with Crippen LogP contribution in [0.2, 0.25) is 0 Å². The van der Waals surface area contributed by atoms with Crippen LogP contribution in [0.4, 0.5) is 0 Å². The Labute approximate surface area is 128 Å². The van der Waals surface area contributed by atoms with Crippen LogP contribution in [-0.2, 0) is 0 Å². The zero-order valence-corrected chi connectivity index (χ0v) is 14.5. The third-order valence-corrected chi connectivity index (χ3v) is 2.99. The minimum absolute atomic E-state index is 0.698. The Morgan fingerprint density at radius 1 is 1.15 bits per heavy atom. The van der Waals surface area contributed by atoms with Crippen molar-refractivity contribution in [3.8, 4) is 0 Å². The molecule has 20 heavy (non-hydrogen) atoms. The molecule has 0 aromatic heterocycles. The Morgan fingerprint density at radius 2 is 1.65 bits per heavy atom. The van der Waals surface area contributed by atoms with Gasteiger partial charge in [-0.3, -0.25) is 0 Å². The summed E-state index contributed by atoms with van der Waals surface area (Å²) in [5.41, 5.74) is 1.50. The molecule has 0 nitrogen and oxygen atoms in total. The molecule has 0 saturated carbocycles. The lowest BCUT2D eigenvalue weighted by Crippen LogP contribution is -1.98. The number of hydrogen-bond acceptors (Lipinski definition) is 0. The van der Waals surface area contributed by atoms with Crippen LogP contribution >= 0.6 is 0 Å². The minimum atomic E-state index is 0.698. The van der Waals surface area contributed by atoms with E-state index < -0.39 is 0 Å². The van der Waals surface area contributed by atoms with Gasteiger partial charge in [0.05, 0.1) is 0 Å². The molecule has 0 aromatic rings. The summed E-state index contributed by atoms with van der Waals surface area (Å²) in [7, 11) is 0. The first-order chi connectivity index (χ1) is 9.53. The van der Waals surface area contributed by atoms with E-state index in [0.717, 1.165) is 18.8 Å². The van der Waals surface area contributed by atoms with Crippen molar-refractivity contribution in [2.45, 2.75) is 66.7 Å². The summed E-state index contributed by atoms with van der Waals surface area (Å²) < 4.78 is 0. The van der Waals surface area contributed by atoms with Gasteiger partial charge < -0.3 is 0 Å². The predicted molar refractivity (Wildman–Crippen MR) is 96.1 cm³/mol. The normalized spacial score (nSPS) is 16.3. The number of hydrogen-bond donors (Lipinski definition) is 0. The lowest BCUT2D eigenvalue weighted by molar-refractivity contribution is 0.698. The van der Waals surface area contributed by atoms with Crippen molar-refractivity contribution in [1.82, 2.24) is 0 Å². The van der Waals surface area contributed by atoms with E-state index in [1.165, 1.54) is 24.8 Å². The Bertz CT molecular complexity index is 268. The van der Waals surface area contributed by atoms with Crippen molar-refractivity contribution in [3.05, 3.63) is 49.1 Å². The van der Waals surface area contributed by atoms with E-state index in [0.29, 0.717) is 5.92 Å². The molecule has 0 fully saturated rings. The van der Waals surface area contributed by atoms with Gasteiger partial charge >= 0.3 is 0 Å². The van der Waals surface area contributed by atoms with Gasteiger partial charge in [-0.25, -0.2) is 0 Å². The molecular weight excluding hydrogens is 240 g/mol. The predicted octanol–water partition coefficient (Wildman–Crippen LogP) is 7.11. The van der Waals surface area contributed by atoms with E-state index in [-0.39, 0.29) is 0 Å². The maximum absolute atomic E-state index is 3.55. The second-order valence-corrected chi connectivity index (χ2v) is 5.59. The first-order valence-electron chi connectivity index (χ1n) is 8.13. The molecule has 0 spiro atoms. The molecule has 0 aromatic carbocycles. The second kappa shape index (κ2) is 16.0. The van der Waals surface area contributed by atoms with Gasteiger partial charge in [0.2, 0.25) is 0 Å². The molecule has 0 heteroatoms. The Kier molecular flexibility index (Phi) is 17.0. The summed E-state index contributed by atoms with van der Waals surface area (Å²) in [6.07, 6.45) is 16.8. The molecule has 0 aliphatic heterocycles. The molecule has 0 heterocycles. The molecule has 0 amide bonds. The highest BCUT2D eigenvalue weighted by molar-refractivity contribution is 5.24. The summed E-state index contributed by atoms with van der Waals surface area (Å²) in [5, 5.41) is 0. The summed E-state index contributed by atoms with van der Waals surface area (Å²) >= 11 is 0. The van der Waals surface area contributed by atoms with Crippen LogP contribution < -0.4 is 0 Å². The van der Waals surface area contributed by atoms with Gasteiger partial charge in [0.15, 0.2) is 0 Å². The maximum Gasteiger partial charge on any atom is -0.0222 e. The summed E-state index contributed by atoms with van der Waals surface area (Å²) in [4.78, 5) is 0. The van der Waals surface area contributed by atoms with E-state index in [2.05, 4.69) is 66.0 Å². The molecule has 1 rings (SSSR count). The zero-order chi connectivity index (χ0) is 15.8. The van der Waals surface area contributed by atoms with Gasteiger partial charge in [-0.1, -0.05) is 77.8 Å². The molecule has 1 aliphatic carbocycles. The van der Waals surface area contributed by atoms with Crippen molar-refractivity contribution in [2.75, 3.05) is 0 Å². The second-order valence-electron chi connectivity index (χ2n) is 5.59. The quantitative estimate of drug-likeness (QED) is 0.469. The fourth-order valence-electron chi connectivity index (χ4n) is 1.58. The SMILES string of the molecule is C=CCCC.C=CCCC.CC1C=CC(C(C)C)=CC1. The summed E-state index contributed by atoms with van der Waals surface area (Å²) in [6, 6.07) is 0. The molecule has 1 unspecified atom stereocenters. The van der Waals surface area contributed by atoms with Crippen LogP contribution in [0, 0.1) is 11.8 Å². The van der Waals surface area contributed by atoms with Crippen molar-refractivity contribution in [2.24, 2.45) is 11.8 Å². The van der Waals surface area contributed by atoms with Crippen molar-refractivity contribution < 1.29 is 0 Å². The average Bonchev–Trinajstić information content (AvgIpc) is 2.42. The molecular formula is C20H36. The fourth-order valence-corrected chi connectivity index (χ4v) is 1.58. The van der Waals surface area contributed by atoms with Gasteiger partial charge in [-0.2, -0.15) is 0 Å². The third-order valence-electron chi connectivity index (χ3n) is 2.99. The number of unbranched alkanes of at least 4 members (excludes halogenated alkanes) is 2. The number of allylic oxidation sites excluding steroid dienone is 6. The Balaban J connectivity index is 0. The van der Waals surface area contributed by atoms with Crippen molar-refractivity contribution in [3.63, 3.8) is 0 Å². The molecule has 116 valence electrons. The van der Waals surface area contributed by atoms with Gasteiger partial charge in [-0.15, -0.1) is 13.2 Å². The fraction of sp³-hybridized carbons (Fsp3) is 0.600. The highest BCUT2D eigenvalue weighted by Crippen LogP contribution is 2.20. The van der Waals surface area contributed by atoms with Gasteiger partial charge in [0, 0.05) is 0 Å². The lowest BCUT2D eigenvalue weighted by atomic mass is 9.93. The van der Waals surface area contributed by atoms with Crippen LogP contribution in [-0.4, -0.2) is 0 Å². The third kappa shape index (κ3) is 15.0. The van der Waals surface area contributed by atoms with Gasteiger partial charge in [-0.05, 0) is 36.7 Å². The molecule has 0 radical (unpaired) electrons. The van der Waals surface area contributed by atoms with Gasteiger partial charge in [0.25, 0.3) is 0 Å². The largest absolute Gasteiger partial charge is 0.103 e. The molecule has 0 N–H and O–H groups in total. The van der Waals surface area contributed by atoms with E-state index in [1.54, 1.807) is 0 Å². The van der Waals surface area contributed by atoms with Crippen LogP contribution in [0.3, 0.4) is 0 Å². The Morgan fingerprint density at radius 3 is 1.85 bits per heavy atom. The Hall–Kier alpha value is -1.04. The van der Waals surface area contributed by atoms with E-state index in [9.17, 15) is 0 Å². The molecule has 0 bridgehead atoms. The van der Waals surface area contributed by atoms with Crippen molar-refractivity contribution >= 4 is 0 Å². The topological polar surface area (TPSA) is 0 Å².